The molecule has 1 aliphatic heterocycles. The molecule has 1 aliphatic rings. The van der Waals surface area contributed by atoms with Crippen LogP contribution in [0.15, 0.2) is 30.5 Å². The number of aryl methyl sites for hydroxylation is 1. The number of carbonyl (C=O) groups excluding carboxylic acids is 1. The van der Waals surface area contributed by atoms with E-state index in [0.717, 1.165) is 6.42 Å². The minimum absolute atomic E-state index is 0.0453. The zero-order chi connectivity index (χ0) is 17.6. The van der Waals surface area contributed by atoms with Crippen molar-refractivity contribution in [1.29, 1.82) is 5.26 Å². The summed E-state index contributed by atoms with van der Waals surface area (Å²) in [7, 11) is 0. The van der Waals surface area contributed by atoms with Crippen LogP contribution >= 0.6 is 11.6 Å². The van der Waals surface area contributed by atoms with Gasteiger partial charge in [-0.3, -0.25) is 9.48 Å². The van der Waals surface area contributed by atoms with Gasteiger partial charge < -0.3 is 5.32 Å². The Morgan fingerprint density at radius 3 is 2.92 bits per heavy atom. The summed E-state index contributed by atoms with van der Waals surface area (Å²) in [6, 6.07) is 9.25. The van der Waals surface area contributed by atoms with Gasteiger partial charge in [0.2, 0.25) is 10.7 Å². The molecule has 0 saturated heterocycles. The summed E-state index contributed by atoms with van der Waals surface area (Å²) in [5.74, 6) is -0.449. The number of aromatic nitrogens is 4. The molecule has 2 aromatic heterocycles. The average molecular weight is 353 g/mol. The first kappa shape index (κ1) is 15.5. The summed E-state index contributed by atoms with van der Waals surface area (Å²) < 4.78 is 1.73. The molecule has 0 saturated carbocycles. The zero-order valence-corrected chi connectivity index (χ0v) is 14.1. The van der Waals surface area contributed by atoms with Crippen LogP contribution in [0.3, 0.4) is 0 Å². The molecule has 1 amide bonds. The van der Waals surface area contributed by atoms with Crippen molar-refractivity contribution in [2.75, 3.05) is 5.32 Å². The number of rotatable bonds is 3. The standard InChI is InChI=1S/C17H13ClN6O/c1-2-7-24-8-10-13(21-16(18)22-14(10)23-24)17(9-19)11-5-3-4-6-12(11)20-15(17)25/h3-6,8H,2,7H2,1H3,(H,20,25). The number of nitrogens with one attached hydrogen (secondary N) is 1. The lowest BCUT2D eigenvalue weighted by molar-refractivity contribution is -0.118. The number of halogens is 1. The van der Waals surface area contributed by atoms with Crippen molar-refractivity contribution in [3.63, 3.8) is 0 Å². The smallest absolute Gasteiger partial charge is 0.255 e. The molecule has 25 heavy (non-hydrogen) atoms. The van der Waals surface area contributed by atoms with Crippen LogP contribution in [0.5, 0.6) is 0 Å². The fraction of sp³-hybridized carbons (Fsp3) is 0.235. The molecule has 0 spiro atoms. The molecule has 1 aromatic carbocycles. The van der Waals surface area contributed by atoms with Gasteiger partial charge in [0.1, 0.15) is 0 Å². The molecule has 0 fully saturated rings. The summed E-state index contributed by atoms with van der Waals surface area (Å²) >= 11 is 6.07. The van der Waals surface area contributed by atoms with Crippen molar-refractivity contribution in [3.05, 3.63) is 47.0 Å². The molecule has 1 unspecified atom stereocenters. The Morgan fingerprint density at radius 2 is 2.16 bits per heavy atom. The van der Waals surface area contributed by atoms with Gasteiger partial charge in [-0.15, -0.1) is 0 Å². The largest absolute Gasteiger partial charge is 0.324 e. The van der Waals surface area contributed by atoms with Crippen molar-refractivity contribution in [3.8, 4) is 6.07 Å². The number of hydrogen-bond acceptors (Lipinski definition) is 5. The third-order valence-electron chi connectivity index (χ3n) is 4.30. The zero-order valence-electron chi connectivity index (χ0n) is 13.3. The molecule has 1 N–H and O–H groups in total. The number of anilines is 1. The van der Waals surface area contributed by atoms with Gasteiger partial charge in [-0.2, -0.15) is 15.3 Å². The molecular formula is C17H13ClN6O. The minimum atomic E-state index is -1.58. The molecule has 1 atom stereocenters. The van der Waals surface area contributed by atoms with Gasteiger partial charge >= 0.3 is 0 Å². The molecule has 4 rings (SSSR count). The van der Waals surface area contributed by atoms with Gasteiger partial charge in [0, 0.05) is 24.0 Å². The molecule has 0 aliphatic carbocycles. The van der Waals surface area contributed by atoms with E-state index in [1.54, 1.807) is 35.1 Å². The number of fused-ring (bicyclic) bond motifs is 2. The van der Waals surface area contributed by atoms with Crippen LogP contribution in [0, 0.1) is 11.3 Å². The molecule has 0 radical (unpaired) electrons. The van der Waals surface area contributed by atoms with Crippen molar-refractivity contribution >= 4 is 34.2 Å². The van der Waals surface area contributed by atoms with Crippen LogP contribution in [0.4, 0.5) is 5.69 Å². The Labute approximate surface area is 148 Å². The van der Waals surface area contributed by atoms with Crippen molar-refractivity contribution in [2.24, 2.45) is 0 Å². The van der Waals surface area contributed by atoms with E-state index in [4.69, 9.17) is 11.6 Å². The van der Waals surface area contributed by atoms with Gasteiger partial charge in [-0.25, -0.2) is 4.98 Å². The van der Waals surface area contributed by atoms with Crippen LogP contribution in [0.1, 0.15) is 24.6 Å². The summed E-state index contributed by atoms with van der Waals surface area (Å²) in [5, 5.41) is 17.7. The summed E-state index contributed by atoms with van der Waals surface area (Å²) in [5.41, 5.74) is 0.200. The van der Waals surface area contributed by atoms with Gasteiger partial charge in [0.15, 0.2) is 5.65 Å². The fourth-order valence-electron chi connectivity index (χ4n) is 3.21. The minimum Gasteiger partial charge on any atom is -0.324 e. The van der Waals surface area contributed by atoms with Gasteiger partial charge in [-0.05, 0) is 24.1 Å². The first-order valence-electron chi connectivity index (χ1n) is 7.83. The normalized spacial score (nSPS) is 18.8. The second-order valence-electron chi connectivity index (χ2n) is 5.83. The Bertz CT molecular complexity index is 1050. The Balaban J connectivity index is 2.06. The molecular weight excluding hydrogens is 340 g/mol. The molecule has 124 valence electrons. The van der Waals surface area contributed by atoms with Crippen molar-refractivity contribution in [2.45, 2.75) is 25.3 Å². The first-order chi connectivity index (χ1) is 12.1. The third-order valence-corrected chi connectivity index (χ3v) is 4.46. The SMILES string of the molecule is CCCn1cc2c(C3(C#N)C(=O)Nc4ccccc43)nc(Cl)nc2n1. The number of nitrogens with zero attached hydrogens (tertiary/aromatic N) is 5. The van der Waals surface area contributed by atoms with Crippen molar-refractivity contribution < 1.29 is 4.79 Å². The molecule has 0 bridgehead atoms. The van der Waals surface area contributed by atoms with Crippen molar-refractivity contribution in [1.82, 2.24) is 19.7 Å². The van der Waals surface area contributed by atoms with Crippen LogP contribution in [-0.4, -0.2) is 25.7 Å². The van der Waals surface area contributed by atoms with E-state index in [0.29, 0.717) is 28.8 Å². The maximum absolute atomic E-state index is 12.8. The maximum atomic E-state index is 12.8. The van der Waals surface area contributed by atoms with E-state index in [9.17, 15) is 10.1 Å². The molecule has 3 heterocycles. The summed E-state index contributed by atoms with van der Waals surface area (Å²) in [6.07, 6.45) is 2.65. The summed E-state index contributed by atoms with van der Waals surface area (Å²) in [6.45, 7) is 2.72. The number of amides is 1. The fourth-order valence-corrected chi connectivity index (χ4v) is 3.38. The van der Waals surface area contributed by atoms with Crippen LogP contribution in [-0.2, 0) is 16.8 Å². The number of carbonyl (C=O) groups is 1. The Kier molecular flexibility index (Phi) is 3.44. The molecule has 3 aromatic rings. The van der Waals surface area contributed by atoms with Gasteiger partial charge in [0.05, 0.1) is 17.1 Å². The lowest BCUT2D eigenvalue weighted by Crippen LogP contribution is -2.35. The number of hydrogen-bond donors (Lipinski definition) is 1. The highest BCUT2D eigenvalue weighted by Gasteiger charge is 2.51. The maximum Gasteiger partial charge on any atom is 0.255 e. The predicted molar refractivity (Wildman–Crippen MR) is 92.1 cm³/mol. The van der Waals surface area contributed by atoms with Gasteiger partial charge in [-0.1, -0.05) is 25.1 Å². The lowest BCUT2D eigenvalue weighted by atomic mass is 9.79. The Hall–Kier alpha value is -2.98. The van der Waals surface area contributed by atoms with E-state index in [1.165, 1.54) is 0 Å². The Morgan fingerprint density at radius 1 is 1.36 bits per heavy atom. The highest BCUT2D eigenvalue weighted by Crippen LogP contribution is 2.43. The van der Waals surface area contributed by atoms with E-state index in [-0.39, 0.29) is 11.0 Å². The first-order valence-corrected chi connectivity index (χ1v) is 8.21. The van der Waals surface area contributed by atoms with Crippen LogP contribution < -0.4 is 5.32 Å². The topological polar surface area (TPSA) is 96.5 Å². The van der Waals surface area contributed by atoms with Crippen LogP contribution in [0.2, 0.25) is 5.28 Å². The predicted octanol–water partition coefficient (Wildman–Crippen LogP) is 2.65. The highest BCUT2D eigenvalue weighted by molar-refractivity contribution is 6.28. The summed E-state index contributed by atoms with van der Waals surface area (Å²) in [4.78, 5) is 21.2. The average Bonchev–Trinajstić information content (AvgIpc) is 3.12. The number of nitriles is 1. The van der Waals surface area contributed by atoms with E-state index in [2.05, 4.69) is 26.5 Å². The van der Waals surface area contributed by atoms with E-state index in [1.807, 2.05) is 6.92 Å². The van der Waals surface area contributed by atoms with E-state index < -0.39 is 11.3 Å². The quantitative estimate of drug-likeness (QED) is 0.731. The third kappa shape index (κ3) is 2.11. The molecule has 7 nitrogen and oxygen atoms in total. The monoisotopic (exact) mass is 352 g/mol. The van der Waals surface area contributed by atoms with Crippen LogP contribution in [0.25, 0.3) is 11.0 Å². The number of para-hydroxylation sites is 1. The van der Waals surface area contributed by atoms with E-state index >= 15 is 0 Å². The highest BCUT2D eigenvalue weighted by atomic mass is 35.5. The second kappa shape index (κ2) is 5.53. The second-order valence-corrected chi connectivity index (χ2v) is 6.17. The lowest BCUT2D eigenvalue weighted by Gasteiger charge is -2.19. The molecule has 8 heteroatoms. The number of benzene rings is 1. The van der Waals surface area contributed by atoms with Gasteiger partial charge in [0.25, 0.3) is 5.91 Å².